The third-order valence-electron chi connectivity index (χ3n) is 2.04. The highest BCUT2D eigenvalue weighted by atomic mass is 32.2. The molecule has 9 heteroatoms. The number of nitrogen functional groups attached to an aromatic ring is 1. The minimum atomic E-state index is -4.32. The SMILES string of the molecule is Cc1nn(C)c(C(=O)OCCSC(F)(F)F)c1N. The zero-order valence-electron chi connectivity index (χ0n) is 9.74. The molecule has 0 aromatic carbocycles. The van der Waals surface area contributed by atoms with Gasteiger partial charge in [-0.05, 0) is 18.7 Å². The van der Waals surface area contributed by atoms with Gasteiger partial charge in [-0.2, -0.15) is 18.3 Å². The van der Waals surface area contributed by atoms with E-state index in [1.165, 1.54) is 11.7 Å². The second kappa shape index (κ2) is 5.51. The molecule has 0 saturated heterocycles. The molecule has 18 heavy (non-hydrogen) atoms. The number of halogens is 3. The third kappa shape index (κ3) is 3.83. The molecule has 0 amide bonds. The van der Waals surface area contributed by atoms with Gasteiger partial charge in [0.05, 0.1) is 11.4 Å². The number of carbonyl (C=O) groups excluding carboxylic acids is 1. The summed E-state index contributed by atoms with van der Waals surface area (Å²) in [6, 6.07) is 0. The van der Waals surface area contributed by atoms with Gasteiger partial charge < -0.3 is 10.5 Å². The first-order valence-corrected chi connectivity index (χ1v) is 5.88. The van der Waals surface area contributed by atoms with E-state index in [-0.39, 0.29) is 35.5 Å². The summed E-state index contributed by atoms with van der Waals surface area (Å²) in [5.74, 6) is -1.13. The number of hydrogen-bond acceptors (Lipinski definition) is 5. The van der Waals surface area contributed by atoms with Crippen LogP contribution in [0.25, 0.3) is 0 Å². The van der Waals surface area contributed by atoms with Crippen LogP contribution >= 0.6 is 11.8 Å². The van der Waals surface area contributed by atoms with Gasteiger partial charge in [0, 0.05) is 12.8 Å². The van der Waals surface area contributed by atoms with Gasteiger partial charge in [0.1, 0.15) is 6.61 Å². The topological polar surface area (TPSA) is 70.1 Å². The van der Waals surface area contributed by atoms with Gasteiger partial charge in [0.2, 0.25) is 0 Å². The number of aromatic nitrogens is 2. The molecule has 2 N–H and O–H groups in total. The number of ether oxygens (including phenoxy) is 1. The fraction of sp³-hybridized carbons (Fsp3) is 0.556. The molecule has 0 aliphatic heterocycles. The zero-order chi connectivity index (χ0) is 13.9. The van der Waals surface area contributed by atoms with Crippen molar-refractivity contribution in [3.63, 3.8) is 0 Å². The molecule has 1 aromatic rings. The number of aryl methyl sites for hydroxylation is 2. The van der Waals surface area contributed by atoms with Crippen molar-refractivity contribution in [1.82, 2.24) is 9.78 Å². The Morgan fingerprint density at radius 2 is 2.17 bits per heavy atom. The maximum absolute atomic E-state index is 11.8. The van der Waals surface area contributed by atoms with E-state index in [2.05, 4.69) is 5.10 Å². The molecular formula is C9H12F3N3O2S. The Balaban J connectivity index is 2.51. The largest absolute Gasteiger partial charge is 0.460 e. The number of hydrogen-bond donors (Lipinski definition) is 1. The minimum Gasteiger partial charge on any atom is -0.460 e. The predicted octanol–water partition coefficient (Wildman–Crippen LogP) is 1.72. The van der Waals surface area contributed by atoms with Crippen molar-refractivity contribution in [2.75, 3.05) is 18.1 Å². The zero-order valence-corrected chi connectivity index (χ0v) is 10.6. The number of alkyl halides is 3. The minimum absolute atomic E-state index is 0.0458. The Bertz CT molecular complexity index is 445. The first-order valence-electron chi connectivity index (χ1n) is 4.89. The summed E-state index contributed by atoms with van der Waals surface area (Å²) in [4.78, 5) is 11.6. The fourth-order valence-corrected chi connectivity index (χ4v) is 1.67. The molecular weight excluding hydrogens is 271 g/mol. The predicted molar refractivity (Wildman–Crippen MR) is 61.2 cm³/mol. The number of esters is 1. The van der Waals surface area contributed by atoms with Crippen molar-refractivity contribution in [3.05, 3.63) is 11.4 Å². The first kappa shape index (κ1) is 14.7. The van der Waals surface area contributed by atoms with E-state index >= 15 is 0 Å². The lowest BCUT2D eigenvalue weighted by molar-refractivity contribution is -0.0331. The summed E-state index contributed by atoms with van der Waals surface area (Å²) >= 11 is -0.247. The maximum Gasteiger partial charge on any atom is 0.441 e. The Kier molecular flexibility index (Phi) is 4.49. The van der Waals surface area contributed by atoms with E-state index in [1.54, 1.807) is 6.92 Å². The van der Waals surface area contributed by atoms with Crippen LogP contribution in [-0.4, -0.2) is 33.6 Å². The molecule has 0 aliphatic rings. The summed E-state index contributed by atoms with van der Waals surface area (Å²) in [5, 5.41) is 3.90. The number of thioether (sulfide) groups is 1. The summed E-state index contributed by atoms with van der Waals surface area (Å²) in [5.41, 5.74) is 1.97. The van der Waals surface area contributed by atoms with Crippen LogP contribution in [0.2, 0.25) is 0 Å². The van der Waals surface area contributed by atoms with Gasteiger partial charge in [-0.3, -0.25) is 4.68 Å². The standard InChI is InChI=1S/C9H12F3N3O2S/c1-5-6(13)7(15(2)14-5)8(16)17-3-4-18-9(10,11)12/h3-4,13H2,1-2H3. The highest BCUT2D eigenvalue weighted by Crippen LogP contribution is 2.29. The van der Waals surface area contributed by atoms with Crippen LogP contribution in [0.4, 0.5) is 18.9 Å². The summed E-state index contributed by atoms with van der Waals surface area (Å²) in [6.07, 6.45) is 0. The molecule has 0 bridgehead atoms. The van der Waals surface area contributed by atoms with E-state index in [0.717, 1.165) is 0 Å². The molecule has 1 heterocycles. The Hall–Kier alpha value is -1.38. The molecule has 0 fully saturated rings. The third-order valence-corrected chi connectivity index (χ3v) is 2.74. The van der Waals surface area contributed by atoms with Crippen molar-refractivity contribution in [2.45, 2.75) is 12.4 Å². The molecule has 1 rings (SSSR count). The van der Waals surface area contributed by atoms with Crippen LogP contribution in [0.15, 0.2) is 0 Å². The first-order chi connectivity index (χ1) is 8.22. The summed E-state index contributed by atoms with van der Waals surface area (Å²) in [7, 11) is 1.50. The van der Waals surface area contributed by atoms with Crippen molar-refractivity contribution in [2.24, 2.45) is 7.05 Å². The van der Waals surface area contributed by atoms with E-state index in [0.29, 0.717) is 5.69 Å². The second-order valence-electron chi connectivity index (χ2n) is 3.40. The molecule has 0 spiro atoms. The van der Waals surface area contributed by atoms with Crippen molar-refractivity contribution < 1.29 is 22.7 Å². The van der Waals surface area contributed by atoms with Gasteiger partial charge in [-0.15, -0.1) is 0 Å². The second-order valence-corrected chi connectivity index (χ2v) is 4.56. The van der Waals surface area contributed by atoms with Crippen LogP contribution in [0.3, 0.4) is 0 Å². The van der Waals surface area contributed by atoms with Crippen LogP contribution in [-0.2, 0) is 11.8 Å². The average Bonchev–Trinajstić information content (AvgIpc) is 2.47. The van der Waals surface area contributed by atoms with Crippen molar-refractivity contribution in [1.29, 1.82) is 0 Å². The van der Waals surface area contributed by atoms with Gasteiger partial charge in [0.25, 0.3) is 0 Å². The van der Waals surface area contributed by atoms with Crippen molar-refractivity contribution in [3.8, 4) is 0 Å². The Labute approximate surface area is 105 Å². The molecule has 1 aromatic heterocycles. The number of anilines is 1. The van der Waals surface area contributed by atoms with Crippen molar-refractivity contribution >= 4 is 23.4 Å². The van der Waals surface area contributed by atoms with Gasteiger partial charge >= 0.3 is 11.5 Å². The number of carbonyl (C=O) groups is 1. The number of rotatable bonds is 4. The van der Waals surface area contributed by atoms with Crippen LogP contribution in [0.5, 0.6) is 0 Å². The quantitative estimate of drug-likeness (QED) is 0.673. The molecule has 0 unspecified atom stereocenters. The molecule has 5 nitrogen and oxygen atoms in total. The molecule has 102 valence electrons. The van der Waals surface area contributed by atoms with E-state index < -0.39 is 11.5 Å². The van der Waals surface area contributed by atoms with Crippen LogP contribution < -0.4 is 5.73 Å². The van der Waals surface area contributed by atoms with E-state index in [9.17, 15) is 18.0 Å². The van der Waals surface area contributed by atoms with E-state index in [4.69, 9.17) is 10.5 Å². The highest BCUT2D eigenvalue weighted by Gasteiger charge is 2.28. The van der Waals surface area contributed by atoms with Gasteiger partial charge in [0.15, 0.2) is 5.69 Å². The lowest BCUT2D eigenvalue weighted by Crippen LogP contribution is -2.15. The molecule has 0 saturated carbocycles. The normalized spacial score (nSPS) is 11.6. The van der Waals surface area contributed by atoms with Gasteiger partial charge in [-0.25, -0.2) is 4.79 Å². The highest BCUT2D eigenvalue weighted by molar-refractivity contribution is 8.00. The molecule has 0 aliphatic carbocycles. The number of nitrogens with zero attached hydrogens (tertiary/aromatic N) is 2. The molecule has 0 atom stereocenters. The summed E-state index contributed by atoms with van der Waals surface area (Å²) < 4.78 is 41.4. The maximum atomic E-state index is 11.8. The smallest absolute Gasteiger partial charge is 0.441 e. The Morgan fingerprint density at radius 1 is 1.56 bits per heavy atom. The lowest BCUT2D eigenvalue weighted by Gasteiger charge is -2.07. The Morgan fingerprint density at radius 3 is 2.61 bits per heavy atom. The average molecular weight is 283 g/mol. The fourth-order valence-electron chi connectivity index (χ4n) is 1.28. The number of nitrogens with two attached hydrogens (primary N) is 1. The summed E-state index contributed by atoms with van der Waals surface area (Å²) in [6.45, 7) is 1.28. The van der Waals surface area contributed by atoms with Crippen LogP contribution in [0.1, 0.15) is 16.2 Å². The lowest BCUT2D eigenvalue weighted by atomic mass is 10.3. The van der Waals surface area contributed by atoms with E-state index in [1.807, 2.05) is 0 Å². The monoisotopic (exact) mass is 283 g/mol. The molecule has 0 radical (unpaired) electrons. The van der Waals surface area contributed by atoms with Gasteiger partial charge in [-0.1, -0.05) is 0 Å². The van der Waals surface area contributed by atoms with Crippen LogP contribution in [0, 0.1) is 6.92 Å².